The molecule has 5 nitrogen and oxygen atoms in total. The number of allylic oxidation sites excluding steroid dienone is 1. The monoisotopic (exact) mass is 452 g/mol. The first kappa shape index (κ1) is 30.6. The molecule has 0 aliphatic carbocycles. The van der Waals surface area contributed by atoms with Crippen molar-refractivity contribution in [3.8, 4) is 0 Å². The lowest BCUT2D eigenvalue weighted by Crippen LogP contribution is -2.44. The maximum atomic E-state index is 12.6. The Hall–Kier alpha value is -1.36. The number of ether oxygens (including phenoxy) is 1. The average Bonchev–Trinajstić information content (AvgIpc) is 2.78. The summed E-state index contributed by atoms with van der Waals surface area (Å²) >= 11 is 0. The highest BCUT2D eigenvalue weighted by molar-refractivity contribution is 5.83. The highest BCUT2D eigenvalue weighted by Crippen LogP contribution is 2.12. The molecule has 0 aromatic carbocycles. The molecule has 32 heavy (non-hydrogen) atoms. The minimum atomic E-state index is -0.302. The number of hydrogen-bond acceptors (Lipinski definition) is 3. The maximum Gasteiger partial charge on any atom is 0.264 e. The molecule has 0 saturated carbocycles. The quantitative estimate of drug-likeness (QED) is 0.137. The predicted molar refractivity (Wildman–Crippen MR) is 135 cm³/mol. The van der Waals surface area contributed by atoms with E-state index < -0.39 is 0 Å². The van der Waals surface area contributed by atoms with E-state index >= 15 is 0 Å². The number of carbonyl (C=O) groups excluding carboxylic acids is 2. The SMILES string of the molecule is CCCCCCCCCCCC/C=C\N(NC(=O)COC)C(=O)CCCCCCCCC. The Morgan fingerprint density at radius 1 is 0.719 bits per heavy atom. The van der Waals surface area contributed by atoms with E-state index in [9.17, 15) is 9.59 Å². The number of unbranched alkanes of at least 4 members (excludes halogenated alkanes) is 16. The van der Waals surface area contributed by atoms with Gasteiger partial charge in [-0.3, -0.25) is 15.0 Å². The van der Waals surface area contributed by atoms with Crippen LogP contribution in [0.15, 0.2) is 12.3 Å². The van der Waals surface area contributed by atoms with E-state index in [4.69, 9.17) is 4.74 Å². The van der Waals surface area contributed by atoms with Crippen LogP contribution in [0.4, 0.5) is 0 Å². The fraction of sp³-hybridized carbons (Fsp3) is 0.852. The molecule has 0 aromatic heterocycles. The van der Waals surface area contributed by atoms with Gasteiger partial charge in [-0.2, -0.15) is 0 Å². The molecule has 2 amide bonds. The summed E-state index contributed by atoms with van der Waals surface area (Å²) in [4.78, 5) is 24.5. The third-order valence-corrected chi connectivity index (χ3v) is 5.76. The second-order valence-electron chi connectivity index (χ2n) is 8.96. The van der Waals surface area contributed by atoms with Crippen LogP contribution < -0.4 is 5.43 Å². The largest absolute Gasteiger partial charge is 0.375 e. The molecule has 1 N–H and O–H groups in total. The lowest BCUT2D eigenvalue weighted by atomic mass is 10.1. The average molecular weight is 453 g/mol. The molecule has 0 heterocycles. The first-order chi connectivity index (χ1) is 15.7. The Bertz CT molecular complexity index is 466. The van der Waals surface area contributed by atoms with Crippen LogP contribution >= 0.6 is 0 Å². The van der Waals surface area contributed by atoms with Gasteiger partial charge in [-0.25, -0.2) is 5.01 Å². The zero-order chi connectivity index (χ0) is 23.7. The van der Waals surface area contributed by atoms with Crippen LogP contribution in [0.2, 0.25) is 0 Å². The summed E-state index contributed by atoms with van der Waals surface area (Å²) in [5.41, 5.74) is 2.66. The van der Waals surface area contributed by atoms with Gasteiger partial charge in [0.1, 0.15) is 6.61 Å². The van der Waals surface area contributed by atoms with E-state index in [-0.39, 0.29) is 18.4 Å². The van der Waals surface area contributed by atoms with E-state index in [0.29, 0.717) is 6.42 Å². The number of rotatable bonds is 22. The molecule has 0 rings (SSSR count). The van der Waals surface area contributed by atoms with Gasteiger partial charge in [-0.05, 0) is 19.3 Å². The number of nitrogens with one attached hydrogen (secondary N) is 1. The van der Waals surface area contributed by atoms with Crippen LogP contribution in [0.5, 0.6) is 0 Å². The number of nitrogens with zero attached hydrogens (tertiary/aromatic N) is 1. The van der Waals surface area contributed by atoms with Crippen molar-refractivity contribution in [2.24, 2.45) is 0 Å². The maximum absolute atomic E-state index is 12.6. The molecular weight excluding hydrogens is 400 g/mol. The predicted octanol–water partition coefficient (Wildman–Crippen LogP) is 7.46. The highest BCUT2D eigenvalue weighted by Gasteiger charge is 2.13. The summed E-state index contributed by atoms with van der Waals surface area (Å²) in [6, 6.07) is 0. The number of carbonyl (C=O) groups is 2. The normalized spacial score (nSPS) is 11.2. The van der Waals surface area contributed by atoms with Gasteiger partial charge in [0.05, 0.1) is 0 Å². The molecule has 0 aliphatic heterocycles. The van der Waals surface area contributed by atoms with Gasteiger partial charge in [0.15, 0.2) is 0 Å². The van der Waals surface area contributed by atoms with Crippen molar-refractivity contribution < 1.29 is 14.3 Å². The fourth-order valence-corrected chi connectivity index (χ4v) is 3.76. The molecule has 0 aliphatic rings. The number of methoxy groups -OCH3 is 1. The summed E-state index contributed by atoms with van der Waals surface area (Å²) in [5.74, 6) is -0.355. The summed E-state index contributed by atoms with van der Waals surface area (Å²) in [6.45, 7) is 4.43. The van der Waals surface area contributed by atoms with Gasteiger partial charge in [-0.15, -0.1) is 0 Å². The second-order valence-corrected chi connectivity index (χ2v) is 8.96. The molecule has 0 radical (unpaired) electrons. The number of hydrazine groups is 1. The summed E-state index contributed by atoms with van der Waals surface area (Å²) in [5, 5.41) is 1.36. The van der Waals surface area contributed by atoms with Crippen LogP contribution in [-0.2, 0) is 14.3 Å². The summed E-state index contributed by atoms with van der Waals surface area (Å²) in [7, 11) is 1.48. The van der Waals surface area contributed by atoms with Gasteiger partial charge in [0, 0.05) is 19.7 Å². The Labute approximate surface area is 198 Å². The van der Waals surface area contributed by atoms with Gasteiger partial charge in [-0.1, -0.05) is 116 Å². The fourth-order valence-electron chi connectivity index (χ4n) is 3.76. The Morgan fingerprint density at radius 2 is 1.19 bits per heavy atom. The third kappa shape index (κ3) is 20.5. The van der Waals surface area contributed by atoms with Crippen molar-refractivity contribution in [1.82, 2.24) is 10.4 Å². The zero-order valence-electron chi connectivity index (χ0n) is 21.5. The van der Waals surface area contributed by atoms with Gasteiger partial charge in [0.2, 0.25) is 5.91 Å². The van der Waals surface area contributed by atoms with Crippen LogP contribution in [0.3, 0.4) is 0 Å². The third-order valence-electron chi connectivity index (χ3n) is 5.76. The molecule has 0 fully saturated rings. The van der Waals surface area contributed by atoms with Crippen LogP contribution in [0.25, 0.3) is 0 Å². The second kappa shape index (κ2) is 24.3. The Kier molecular flexibility index (Phi) is 23.3. The smallest absolute Gasteiger partial charge is 0.264 e. The first-order valence-electron chi connectivity index (χ1n) is 13.4. The Morgan fingerprint density at radius 3 is 1.69 bits per heavy atom. The van der Waals surface area contributed by atoms with E-state index in [0.717, 1.165) is 25.7 Å². The van der Waals surface area contributed by atoms with Gasteiger partial charge < -0.3 is 4.74 Å². The molecule has 0 saturated heterocycles. The molecule has 5 heteroatoms. The van der Waals surface area contributed by atoms with Crippen molar-refractivity contribution in [3.05, 3.63) is 12.3 Å². The van der Waals surface area contributed by atoms with Gasteiger partial charge in [0.25, 0.3) is 5.91 Å². The lowest BCUT2D eigenvalue weighted by Gasteiger charge is -2.19. The van der Waals surface area contributed by atoms with E-state index in [1.807, 2.05) is 6.08 Å². The molecule has 188 valence electrons. The summed E-state index contributed by atoms with van der Waals surface area (Å²) < 4.78 is 4.87. The van der Waals surface area contributed by atoms with E-state index in [1.165, 1.54) is 102 Å². The standard InChI is InChI=1S/C27H52N2O3/c1-4-6-8-10-12-13-14-15-16-18-20-22-24-29(28-26(30)25-32-3)27(31)23-21-19-17-11-9-7-5-2/h22,24H,4-21,23,25H2,1-3H3,(H,28,30)/b24-22-. The van der Waals surface area contributed by atoms with Gasteiger partial charge >= 0.3 is 0 Å². The number of hydrogen-bond donors (Lipinski definition) is 1. The molecule has 0 bridgehead atoms. The molecule has 0 atom stereocenters. The van der Waals surface area contributed by atoms with Crippen LogP contribution in [-0.4, -0.2) is 30.5 Å². The van der Waals surface area contributed by atoms with Crippen LogP contribution in [0, 0.1) is 0 Å². The molecule has 0 aromatic rings. The lowest BCUT2D eigenvalue weighted by molar-refractivity contribution is -0.139. The molecule has 0 spiro atoms. The van der Waals surface area contributed by atoms with E-state index in [1.54, 1.807) is 6.20 Å². The Balaban J connectivity index is 4.07. The van der Waals surface area contributed by atoms with Crippen molar-refractivity contribution in [2.45, 2.75) is 136 Å². The van der Waals surface area contributed by atoms with Crippen molar-refractivity contribution >= 4 is 11.8 Å². The highest BCUT2D eigenvalue weighted by atomic mass is 16.5. The summed E-state index contributed by atoms with van der Waals surface area (Å²) in [6.07, 6.45) is 26.4. The van der Waals surface area contributed by atoms with Crippen molar-refractivity contribution in [1.29, 1.82) is 0 Å². The minimum absolute atomic E-state index is 0.0481. The van der Waals surface area contributed by atoms with Crippen LogP contribution in [0.1, 0.15) is 136 Å². The molecule has 0 unspecified atom stereocenters. The topological polar surface area (TPSA) is 58.6 Å². The zero-order valence-corrected chi connectivity index (χ0v) is 21.5. The van der Waals surface area contributed by atoms with Crippen molar-refractivity contribution in [3.63, 3.8) is 0 Å². The number of amides is 2. The minimum Gasteiger partial charge on any atom is -0.375 e. The van der Waals surface area contributed by atoms with E-state index in [2.05, 4.69) is 19.3 Å². The molecular formula is C27H52N2O3. The van der Waals surface area contributed by atoms with Crippen molar-refractivity contribution in [2.75, 3.05) is 13.7 Å². The first-order valence-corrected chi connectivity index (χ1v) is 13.4.